The number of aromatic amines is 1. The number of H-pyrrole nitrogens is 1. The summed E-state index contributed by atoms with van der Waals surface area (Å²) in [5.41, 5.74) is 1.86. The van der Waals surface area contributed by atoms with E-state index in [1.807, 2.05) is 18.2 Å². The topological polar surface area (TPSA) is 91.4 Å². The van der Waals surface area contributed by atoms with E-state index in [2.05, 4.69) is 20.4 Å². The average molecular weight is 286 g/mol. The van der Waals surface area contributed by atoms with Gasteiger partial charge in [-0.1, -0.05) is 11.6 Å². The minimum Gasteiger partial charge on any atom is -0.441 e. The second-order valence-electron chi connectivity index (χ2n) is 4.06. The van der Waals surface area contributed by atoms with Gasteiger partial charge in [-0.05, 0) is 31.2 Å². The number of nitrogens with zero attached hydrogens (tertiary/aromatic N) is 4. The van der Waals surface area contributed by atoms with Crippen molar-refractivity contribution in [2.45, 2.75) is 6.92 Å². The lowest BCUT2D eigenvalue weighted by Gasteiger charge is -1.94. The summed E-state index contributed by atoms with van der Waals surface area (Å²) in [6.45, 7) is 1.76. The molecule has 2 aromatic heterocycles. The molecule has 3 rings (SSSR count). The molecule has 6 nitrogen and oxygen atoms in total. The Kier molecular flexibility index (Phi) is 2.97. The van der Waals surface area contributed by atoms with Crippen molar-refractivity contribution in [3.05, 3.63) is 40.7 Å². The summed E-state index contributed by atoms with van der Waals surface area (Å²) in [6.07, 6.45) is 0. The van der Waals surface area contributed by atoms with Crippen LogP contribution in [0.4, 0.5) is 0 Å². The van der Waals surface area contributed by atoms with Crippen LogP contribution in [0.25, 0.3) is 22.8 Å². The fourth-order valence-electron chi connectivity index (χ4n) is 1.81. The first kappa shape index (κ1) is 12.4. The van der Waals surface area contributed by atoms with Crippen LogP contribution in [0.5, 0.6) is 0 Å². The predicted molar refractivity (Wildman–Crippen MR) is 71.8 cm³/mol. The van der Waals surface area contributed by atoms with E-state index in [4.69, 9.17) is 21.3 Å². The van der Waals surface area contributed by atoms with Gasteiger partial charge in [-0.2, -0.15) is 15.6 Å². The molecule has 1 N–H and O–H groups in total. The first-order valence-electron chi connectivity index (χ1n) is 5.73. The zero-order chi connectivity index (χ0) is 14.1. The van der Waals surface area contributed by atoms with E-state index in [-0.39, 0.29) is 5.69 Å². The van der Waals surface area contributed by atoms with E-state index in [1.165, 1.54) is 0 Å². The quantitative estimate of drug-likeness (QED) is 0.781. The summed E-state index contributed by atoms with van der Waals surface area (Å²) in [4.78, 5) is 4.38. The number of oxazole rings is 1. The van der Waals surface area contributed by atoms with Gasteiger partial charge in [-0.3, -0.25) is 0 Å². The van der Waals surface area contributed by atoms with Gasteiger partial charge in [0, 0.05) is 10.6 Å². The molecule has 0 bridgehead atoms. The van der Waals surface area contributed by atoms with E-state index in [1.54, 1.807) is 19.1 Å². The van der Waals surface area contributed by atoms with Gasteiger partial charge in [-0.25, -0.2) is 4.98 Å². The van der Waals surface area contributed by atoms with Gasteiger partial charge in [-0.15, -0.1) is 5.10 Å². The van der Waals surface area contributed by atoms with Gasteiger partial charge < -0.3 is 4.42 Å². The van der Waals surface area contributed by atoms with E-state index in [9.17, 15) is 0 Å². The monoisotopic (exact) mass is 285 g/mol. The zero-order valence-corrected chi connectivity index (χ0v) is 11.1. The summed E-state index contributed by atoms with van der Waals surface area (Å²) >= 11 is 5.85. The lowest BCUT2D eigenvalue weighted by molar-refractivity contribution is 0.543. The average Bonchev–Trinajstić information content (AvgIpc) is 3.05. The SMILES string of the molecule is Cc1oc(-c2ccc(Cl)cc2)nc1-c1n[nH]nc1C#N. The molecule has 0 spiro atoms. The van der Waals surface area contributed by atoms with Gasteiger partial charge >= 0.3 is 0 Å². The number of rotatable bonds is 2. The molecule has 7 heteroatoms. The summed E-state index contributed by atoms with van der Waals surface area (Å²) < 4.78 is 5.62. The Morgan fingerprint density at radius 2 is 1.95 bits per heavy atom. The molecule has 1 aromatic carbocycles. The van der Waals surface area contributed by atoms with Gasteiger partial charge in [0.1, 0.15) is 17.5 Å². The van der Waals surface area contributed by atoms with Crippen LogP contribution in [0.15, 0.2) is 28.7 Å². The summed E-state index contributed by atoms with van der Waals surface area (Å²) in [7, 11) is 0. The van der Waals surface area contributed by atoms with Crippen molar-refractivity contribution in [1.29, 1.82) is 5.26 Å². The molecule has 0 aliphatic carbocycles. The van der Waals surface area contributed by atoms with Gasteiger partial charge in [0.2, 0.25) is 5.89 Å². The number of nitriles is 1. The van der Waals surface area contributed by atoms with Crippen molar-refractivity contribution in [2.24, 2.45) is 0 Å². The van der Waals surface area contributed by atoms with Crippen molar-refractivity contribution in [3.63, 3.8) is 0 Å². The molecule has 0 aliphatic heterocycles. The molecule has 0 atom stereocenters. The molecule has 0 amide bonds. The number of hydrogen-bond donors (Lipinski definition) is 1. The Morgan fingerprint density at radius 3 is 2.65 bits per heavy atom. The van der Waals surface area contributed by atoms with Crippen LogP contribution >= 0.6 is 11.6 Å². The Balaban J connectivity index is 2.08. The van der Waals surface area contributed by atoms with E-state index in [0.717, 1.165) is 5.56 Å². The lowest BCUT2D eigenvalue weighted by Crippen LogP contribution is -1.85. The molecule has 20 heavy (non-hydrogen) atoms. The highest BCUT2D eigenvalue weighted by atomic mass is 35.5. The van der Waals surface area contributed by atoms with E-state index in [0.29, 0.717) is 28.1 Å². The fraction of sp³-hybridized carbons (Fsp3) is 0.0769. The molecular weight excluding hydrogens is 278 g/mol. The van der Waals surface area contributed by atoms with E-state index >= 15 is 0 Å². The van der Waals surface area contributed by atoms with Crippen LogP contribution in [-0.2, 0) is 0 Å². The molecule has 3 aromatic rings. The Morgan fingerprint density at radius 1 is 1.20 bits per heavy atom. The third-order valence-electron chi connectivity index (χ3n) is 2.77. The second-order valence-corrected chi connectivity index (χ2v) is 4.50. The summed E-state index contributed by atoms with van der Waals surface area (Å²) in [6, 6.07) is 9.09. The third-order valence-corrected chi connectivity index (χ3v) is 3.02. The fourth-order valence-corrected chi connectivity index (χ4v) is 1.93. The van der Waals surface area contributed by atoms with Crippen LogP contribution in [0.3, 0.4) is 0 Å². The minimum absolute atomic E-state index is 0.184. The zero-order valence-electron chi connectivity index (χ0n) is 10.4. The summed E-state index contributed by atoms with van der Waals surface area (Å²) in [5, 5.41) is 19.7. The maximum atomic E-state index is 8.97. The number of aromatic nitrogens is 4. The second kappa shape index (κ2) is 4.79. The minimum atomic E-state index is 0.184. The molecule has 2 heterocycles. The Bertz CT molecular complexity index is 797. The Labute approximate surface area is 119 Å². The number of benzene rings is 1. The van der Waals surface area contributed by atoms with Crippen molar-refractivity contribution in [1.82, 2.24) is 20.4 Å². The third kappa shape index (κ3) is 2.04. The normalized spacial score (nSPS) is 10.4. The van der Waals surface area contributed by atoms with E-state index < -0.39 is 0 Å². The molecular formula is C13H8ClN5O. The number of hydrogen-bond acceptors (Lipinski definition) is 5. The standard InChI is InChI=1S/C13H8ClN5O/c1-7-11(12-10(6-15)17-19-18-12)16-13(20-7)8-2-4-9(14)5-3-8/h2-5H,1H3,(H,17,18,19). The largest absolute Gasteiger partial charge is 0.441 e. The van der Waals surface area contributed by atoms with Crippen molar-refractivity contribution in [2.75, 3.05) is 0 Å². The lowest BCUT2D eigenvalue weighted by atomic mass is 10.2. The van der Waals surface area contributed by atoms with Crippen molar-refractivity contribution >= 4 is 11.6 Å². The van der Waals surface area contributed by atoms with Crippen LogP contribution in [0.1, 0.15) is 11.5 Å². The number of nitrogens with one attached hydrogen (secondary N) is 1. The highest BCUT2D eigenvalue weighted by molar-refractivity contribution is 6.30. The molecule has 0 saturated heterocycles. The maximum absolute atomic E-state index is 8.97. The highest BCUT2D eigenvalue weighted by Gasteiger charge is 2.19. The first-order valence-corrected chi connectivity index (χ1v) is 6.11. The molecule has 0 aliphatic rings. The van der Waals surface area contributed by atoms with Crippen LogP contribution in [0, 0.1) is 18.3 Å². The van der Waals surface area contributed by atoms with Gasteiger partial charge in [0.05, 0.1) is 0 Å². The molecule has 0 fully saturated rings. The number of aryl methyl sites for hydroxylation is 1. The van der Waals surface area contributed by atoms with Crippen molar-refractivity contribution in [3.8, 4) is 28.9 Å². The Hall–Kier alpha value is -2.65. The molecule has 98 valence electrons. The predicted octanol–water partition coefficient (Wildman–Crippen LogP) is 2.96. The van der Waals surface area contributed by atoms with Crippen LogP contribution < -0.4 is 0 Å². The first-order chi connectivity index (χ1) is 9.69. The van der Waals surface area contributed by atoms with Crippen LogP contribution in [0.2, 0.25) is 5.02 Å². The number of halogens is 1. The highest BCUT2D eigenvalue weighted by Crippen LogP contribution is 2.28. The van der Waals surface area contributed by atoms with Gasteiger partial charge in [0.15, 0.2) is 11.4 Å². The smallest absolute Gasteiger partial charge is 0.226 e. The summed E-state index contributed by atoms with van der Waals surface area (Å²) in [5.74, 6) is 1.02. The van der Waals surface area contributed by atoms with Crippen molar-refractivity contribution < 1.29 is 4.42 Å². The maximum Gasteiger partial charge on any atom is 0.226 e. The van der Waals surface area contributed by atoms with Crippen LogP contribution in [-0.4, -0.2) is 20.4 Å². The molecule has 0 radical (unpaired) electrons. The molecule has 0 saturated carbocycles. The molecule has 0 unspecified atom stereocenters. The van der Waals surface area contributed by atoms with Gasteiger partial charge in [0.25, 0.3) is 0 Å².